The number of hydrogen-bond acceptors (Lipinski definition) is 10. The van der Waals surface area contributed by atoms with E-state index in [9.17, 15) is 28.7 Å². The third kappa shape index (κ3) is 3.16. The first-order valence-corrected chi connectivity index (χ1v) is 7.50. The number of thiazole rings is 1. The minimum absolute atomic E-state index is 0.164. The van der Waals surface area contributed by atoms with Gasteiger partial charge in [-0.15, -0.1) is 10.2 Å². The third-order valence-electron chi connectivity index (χ3n) is 2.26. The minimum atomic E-state index is -4.41. The van der Waals surface area contributed by atoms with Gasteiger partial charge in [-0.1, -0.05) is 11.3 Å². The molecule has 22 heavy (non-hydrogen) atoms. The van der Waals surface area contributed by atoms with Crippen LogP contribution < -0.4 is 0 Å². The van der Waals surface area contributed by atoms with E-state index < -0.39 is 36.4 Å². The van der Waals surface area contributed by atoms with Gasteiger partial charge >= 0.3 is 15.8 Å². The van der Waals surface area contributed by atoms with Crippen LogP contribution in [0.15, 0.2) is 32.8 Å². The Hall–Kier alpha value is -2.64. The van der Waals surface area contributed by atoms with Gasteiger partial charge in [0, 0.05) is 0 Å². The Labute approximate surface area is 126 Å². The molecule has 1 aromatic carbocycles. The molecule has 0 saturated heterocycles. The predicted molar refractivity (Wildman–Crippen MR) is 72.5 cm³/mol. The van der Waals surface area contributed by atoms with Crippen molar-refractivity contribution in [2.75, 3.05) is 0 Å². The van der Waals surface area contributed by atoms with Crippen molar-refractivity contribution in [1.29, 1.82) is 0 Å². The number of aromatic hydroxyl groups is 2. The molecule has 1 heterocycles. The summed E-state index contributed by atoms with van der Waals surface area (Å²) < 4.78 is 30.0. The lowest BCUT2D eigenvalue weighted by molar-refractivity contribution is -0.386. The van der Waals surface area contributed by atoms with E-state index in [-0.39, 0.29) is 10.8 Å². The van der Waals surface area contributed by atoms with Gasteiger partial charge in [-0.25, -0.2) is 4.98 Å². The number of hydrogen-bond donors (Lipinski definition) is 3. The largest absolute Gasteiger partial charge is 0.502 e. The second kappa shape index (κ2) is 5.63. The van der Waals surface area contributed by atoms with Gasteiger partial charge in [0.2, 0.25) is 10.9 Å². The highest BCUT2D eigenvalue weighted by Gasteiger charge is 2.23. The minimum Gasteiger partial charge on any atom is -0.502 e. The molecule has 0 unspecified atom stereocenters. The predicted octanol–water partition coefficient (Wildman–Crippen LogP) is 2.12. The average Bonchev–Trinajstić information content (AvgIpc) is 2.86. The van der Waals surface area contributed by atoms with E-state index in [1.54, 1.807) is 0 Å². The van der Waals surface area contributed by atoms with E-state index in [4.69, 9.17) is 4.55 Å². The summed E-state index contributed by atoms with van der Waals surface area (Å²) in [6.45, 7) is 0. The quantitative estimate of drug-likeness (QED) is 0.326. The number of benzene rings is 1. The van der Waals surface area contributed by atoms with Gasteiger partial charge in [0.05, 0.1) is 11.1 Å². The smallest absolute Gasteiger partial charge is 0.354 e. The summed E-state index contributed by atoms with van der Waals surface area (Å²) in [5.74, 6) is -1.65. The molecule has 116 valence electrons. The van der Waals surface area contributed by atoms with Crippen molar-refractivity contribution in [2.45, 2.75) is 4.21 Å². The molecule has 0 amide bonds. The van der Waals surface area contributed by atoms with E-state index in [1.807, 2.05) is 0 Å². The molecule has 0 fully saturated rings. The highest BCUT2D eigenvalue weighted by molar-refractivity contribution is 7.88. The Morgan fingerprint density at radius 3 is 2.50 bits per heavy atom. The molecule has 0 aliphatic heterocycles. The number of nitro benzene ring substituents is 1. The molecule has 3 N–H and O–H groups in total. The molecule has 0 aliphatic rings. The number of nitrogens with zero attached hydrogens (tertiary/aromatic N) is 4. The van der Waals surface area contributed by atoms with Crippen molar-refractivity contribution in [3.05, 3.63) is 28.4 Å². The Kier molecular flexibility index (Phi) is 4.03. The Balaban J connectivity index is 2.37. The number of nitro groups is 1. The van der Waals surface area contributed by atoms with Crippen LogP contribution in [0.2, 0.25) is 0 Å². The lowest BCUT2D eigenvalue weighted by Gasteiger charge is -2.00. The fraction of sp³-hybridized carbons (Fsp3) is 0. The van der Waals surface area contributed by atoms with Gasteiger partial charge in [0.1, 0.15) is 5.69 Å². The summed E-state index contributed by atoms with van der Waals surface area (Å²) in [4.78, 5) is 13.3. The topological polar surface area (TPSA) is 176 Å². The molecular weight excluding hydrogens is 340 g/mol. The van der Waals surface area contributed by atoms with E-state index in [1.165, 1.54) is 0 Å². The van der Waals surface area contributed by atoms with Crippen LogP contribution in [0.4, 0.5) is 16.5 Å². The van der Waals surface area contributed by atoms with Crippen molar-refractivity contribution in [3.8, 4) is 11.5 Å². The number of phenolic OH excluding ortho intramolecular Hbond substituents is 2. The van der Waals surface area contributed by atoms with E-state index in [0.717, 1.165) is 18.3 Å². The molecule has 0 spiro atoms. The summed E-state index contributed by atoms with van der Waals surface area (Å²) in [6, 6.07) is 2.01. The van der Waals surface area contributed by atoms with Crippen LogP contribution in [-0.4, -0.2) is 33.1 Å². The second-order valence-corrected chi connectivity index (χ2v) is 6.35. The van der Waals surface area contributed by atoms with Crippen LogP contribution in [-0.2, 0) is 10.1 Å². The summed E-state index contributed by atoms with van der Waals surface area (Å²) in [5.41, 5.74) is -1.26. The van der Waals surface area contributed by atoms with E-state index >= 15 is 0 Å². The summed E-state index contributed by atoms with van der Waals surface area (Å²) in [5, 5.41) is 36.4. The van der Waals surface area contributed by atoms with Crippen LogP contribution in [0.3, 0.4) is 0 Å². The molecule has 0 atom stereocenters. The molecule has 0 bridgehead atoms. The molecule has 0 aliphatic carbocycles. The number of rotatable bonds is 4. The van der Waals surface area contributed by atoms with Gasteiger partial charge in [-0.05, 0) is 12.1 Å². The summed E-state index contributed by atoms with van der Waals surface area (Å²) >= 11 is 0.504. The molecule has 0 saturated carbocycles. The first kappa shape index (κ1) is 15.7. The summed E-state index contributed by atoms with van der Waals surface area (Å²) in [7, 11) is -4.41. The lowest BCUT2D eigenvalue weighted by atomic mass is 10.2. The molecule has 11 nitrogen and oxygen atoms in total. The number of aromatic nitrogens is 1. The Morgan fingerprint density at radius 2 is 1.95 bits per heavy atom. The van der Waals surface area contributed by atoms with Crippen LogP contribution >= 0.6 is 11.3 Å². The van der Waals surface area contributed by atoms with Gasteiger partial charge in [-0.2, -0.15) is 8.42 Å². The van der Waals surface area contributed by atoms with Crippen LogP contribution in [0.25, 0.3) is 0 Å². The zero-order chi connectivity index (χ0) is 16.5. The maximum atomic E-state index is 10.8. The molecule has 2 rings (SSSR count). The fourth-order valence-electron chi connectivity index (χ4n) is 1.33. The van der Waals surface area contributed by atoms with Crippen molar-refractivity contribution in [3.63, 3.8) is 0 Å². The van der Waals surface area contributed by atoms with Crippen molar-refractivity contribution >= 4 is 38.0 Å². The zero-order valence-corrected chi connectivity index (χ0v) is 11.9. The van der Waals surface area contributed by atoms with E-state index in [0.29, 0.717) is 11.3 Å². The van der Waals surface area contributed by atoms with Crippen molar-refractivity contribution < 1.29 is 28.1 Å². The molecule has 1 aromatic heterocycles. The van der Waals surface area contributed by atoms with Gasteiger partial charge in [0.15, 0.2) is 9.96 Å². The summed E-state index contributed by atoms with van der Waals surface area (Å²) in [6.07, 6.45) is 0.855. The molecule has 13 heteroatoms. The first-order valence-electron chi connectivity index (χ1n) is 5.24. The number of azo groups is 1. The molecule has 2 aromatic rings. The van der Waals surface area contributed by atoms with Crippen LogP contribution in [0.1, 0.15) is 0 Å². The Morgan fingerprint density at radius 1 is 1.27 bits per heavy atom. The average molecular weight is 346 g/mol. The first-order chi connectivity index (χ1) is 10.2. The SMILES string of the molecule is O=[N+]([O-])c1c(O)ccc(N=Nc2ncc(S(=O)(=O)O)s2)c1O. The molecular formula is C9H6N4O7S2. The van der Waals surface area contributed by atoms with Gasteiger partial charge in [0.25, 0.3) is 0 Å². The Bertz CT molecular complexity index is 874. The van der Waals surface area contributed by atoms with Crippen LogP contribution in [0.5, 0.6) is 11.5 Å². The highest BCUT2D eigenvalue weighted by Crippen LogP contribution is 2.42. The van der Waals surface area contributed by atoms with E-state index in [2.05, 4.69) is 15.2 Å². The van der Waals surface area contributed by atoms with Gasteiger partial charge in [-0.3, -0.25) is 14.7 Å². The van der Waals surface area contributed by atoms with Gasteiger partial charge < -0.3 is 10.2 Å². The highest BCUT2D eigenvalue weighted by atomic mass is 32.3. The third-order valence-corrected chi connectivity index (χ3v) is 4.43. The number of phenols is 2. The molecule has 0 radical (unpaired) electrons. The normalized spacial score (nSPS) is 11.9. The second-order valence-electron chi connectivity index (χ2n) is 3.70. The fourth-order valence-corrected chi connectivity index (χ4v) is 2.63. The zero-order valence-electron chi connectivity index (χ0n) is 10.3. The van der Waals surface area contributed by atoms with Crippen molar-refractivity contribution in [1.82, 2.24) is 4.98 Å². The monoisotopic (exact) mass is 346 g/mol. The van der Waals surface area contributed by atoms with Crippen LogP contribution in [0, 0.1) is 10.1 Å². The maximum absolute atomic E-state index is 10.8. The lowest BCUT2D eigenvalue weighted by Crippen LogP contribution is -1.93. The maximum Gasteiger partial charge on any atom is 0.354 e. The van der Waals surface area contributed by atoms with Crippen molar-refractivity contribution in [2.24, 2.45) is 10.2 Å². The standard InChI is InChI=1S/C9H6N4O7S2/c14-5-2-1-4(8(15)7(5)13(16)17)11-12-9-10-3-6(21-9)22(18,19)20/h1-3,14-15H,(H,18,19,20).